The second kappa shape index (κ2) is 9.03. The summed E-state index contributed by atoms with van der Waals surface area (Å²) in [6, 6.07) is 13.7. The summed E-state index contributed by atoms with van der Waals surface area (Å²) in [5, 5.41) is 6.30. The SMILES string of the molecule is Fc1cc(-c2noc(C(F)(F)F)n2)ccc1CNc1ncnc(Cc2ccccc2)c1Br. The van der Waals surface area contributed by atoms with Gasteiger partial charge in [-0.05, 0) is 27.6 Å². The van der Waals surface area contributed by atoms with E-state index in [-0.39, 0.29) is 23.5 Å². The first-order valence-electron chi connectivity index (χ1n) is 9.28. The summed E-state index contributed by atoms with van der Waals surface area (Å²) in [6.45, 7) is 0.0898. The van der Waals surface area contributed by atoms with Gasteiger partial charge in [-0.3, -0.25) is 0 Å². The Kier molecular flexibility index (Phi) is 6.17. The minimum atomic E-state index is -4.77. The normalized spacial score (nSPS) is 11.5. The smallest absolute Gasteiger partial charge is 0.365 e. The highest BCUT2D eigenvalue weighted by Gasteiger charge is 2.38. The van der Waals surface area contributed by atoms with E-state index in [1.54, 1.807) is 0 Å². The molecule has 0 saturated carbocycles. The first-order chi connectivity index (χ1) is 15.3. The van der Waals surface area contributed by atoms with Gasteiger partial charge in [-0.2, -0.15) is 18.2 Å². The molecule has 0 amide bonds. The Bertz CT molecular complexity index is 1230. The number of hydrogen-bond donors (Lipinski definition) is 1. The van der Waals surface area contributed by atoms with Crippen molar-refractivity contribution in [2.45, 2.75) is 19.1 Å². The van der Waals surface area contributed by atoms with Crippen LogP contribution in [0.1, 0.15) is 22.7 Å². The maximum atomic E-state index is 14.6. The van der Waals surface area contributed by atoms with Gasteiger partial charge >= 0.3 is 12.1 Å². The van der Waals surface area contributed by atoms with Crippen molar-refractivity contribution in [2.75, 3.05) is 5.32 Å². The van der Waals surface area contributed by atoms with E-state index in [9.17, 15) is 17.6 Å². The number of benzene rings is 2. The standard InChI is InChI=1S/C21H14BrF4N5O/c22-17-16(8-12-4-2-1-3-5-12)28-11-29-19(17)27-10-14-7-6-13(9-15(14)23)18-30-20(32-31-18)21(24,25)26/h1-7,9,11H,8,10H2,(H,27,28,29). The van der Waals surface area contributed by atoms with Crippen molar-refractivity contribution in [3.63, 3.8) is 0 Å². The lowest BCUT2D eigenvalue weighted by Gasteiger charge is -2.11. The van der Waals surface area contributed by atoms with E-state index in [4.69, 9.17) is 0 Å². The van der Waals surface area contributed by atoms with Crippen LogP contribution in [0.15, 0.2) is 63.9 Å². The molecule has 0 bridgehead atoms. The van der Waals surface area contributed by atoms with Gasteiger partial charge in [0, 0.05) is 24.1 Å². The fraction of sp³-hybridized carbons (Fsp3) is 0.143. The number of hydrogen-bond acceptors (Lipinski definition) is 6. The van der Waals surface area contributed by atoms with Crippen molar-refractivity contribution in [1.29, 1.82) is 0 Å². The number of nitrogens with one attached hydrogen (secondary N) is 1. The molecule has 0 radical (unpaired) electrons. The lowest BCUT2D eigenvalue weighted by Crippen LogP contribution is -2.07. The Balaban J connectivity index is 1.47. The van der Waals surface area contributed by atoms with Crippen molar-refractivity contribution < 1.29 is 22.1 Å². The highest BCUT2D eigenvalue weighted by Crippen LogP contribution is 2.30. The second-order valence-electron chi connectivity index (χ2n) is 6.73. The summed E-state index contributed by atoms with van der Waals surface area (Å²) < 4.78 is 57.2. The average molecular weight is 508 g/mol. The highest BCUT2D eigenvalue weighted by molar-refractivity contribution is 9.10. The third-order valence-corrected chi connectivity index (χ3v) is 5.34. The summed E-state index contributed by atoms with van der Waals surface area (Å²) in [4.78, 5) is 11.7. The van der Waals surface area contributed by atoms with Gasteiger partial charge in [0.2, 0.25) is 5.82 Å². The highest BCUT2D eigenvalue weighted by atomic mass is 79.9. The van der Waals surface area contributed by atoms with Crippen molar-refractivity contribution in [3.05, 3.63) is 87.9 Å². The van der Waals surface area contributed by atoms with E-state index in [0.717, 1.165) is 17.3 Å². The zero-order chi connectivity index (χ0) is 22.7. The Labute approximate surface area is 187 Å². The van der Waals surface area contributed by atoms with Crippen LogP contribution in [0.2, 0.25) is 0 Å². The van der Waals surface area contributed by atoms with Crippen molar-refractivity contribution in [1.82, 2.24) is 20.1 Å². The molecule has 0 aliphatic carbocycles. The number of nitrogens with zero attached hydrogens (tertiary/aromatic N) is 4. The zero-order valence-corrected chi connectivity index (χ0v) is 17.8. The summed E-state index contributed by atoms with van der Waals surface area (Å²) >= 11 is 3.49. The number of halogens is 5. The zero-order valence-electron chi connectivity index (χ0n) is 16.2. The molecular weight excluding hydrogens is 494 g/mol. The number of aromatic nitrogens is 4. The molecule has 11 heteroatoms. The molecule has 4 aromatic rings. The maximum Gasteiger partial charge on any atom is 0.471 e. The van der Waals surface area contributed by atoms with Gasteiger partial charge < -0.3 is 9.84 Å². The van der Waals surface area contributed by atoms with Crippen LogP contribution in [0.3, 0.4) is 0 Å². The van der Waals surface area contributed by atoms with Crippen LogP contribution in [0.25, 0.3) is 11.4 Å². The minimum absolute atomic E-state index is 0.0684. The molecule has 2 aromatic heterocycles. The van der Waals surface area contributed by atoms with Gasteiger partial charge in [0.25, 0.3) is 0 Å². The maximum absolute atomic E-state index is 14.6. The molecule has 4 rings (SSSR count). The van der Waals surface area contributed by atoms with E-state index >= 15 is 0 Å². The van der Waals surface area contributed by atoms with E-state index in [2.05, 4.69) is 45.9 Å². The molecular formula is C21H14BrF4N5O. The van der Waals surface area contributed by atoms with Crippen LogP contribution in [0.5, 0.6) is 0 Å². The van der Waals surface area contributed by atoms with Gasteiger partial charge in [0.15, 0.2) is 0 Å². The number of alkyl halides is 3. The van der Waals surface area contributed by atoms with Crippen molar-refractivity contribution >= 4 is 21.7 Å². The fourth-order valence-electron chi connectivity index (χ4n) is 2.91. The molecule has 1 N–H and O–H groups in total. The Morgan fingerprint density at radius 3 is 2.50 bits per heavy atom. The molecule has 6 nitrogen and oxygen atoms in total. The third-order valence-electron chi connectivity index (χ3n) is 4.50. The molecule has 0 atom stereocenters. The Hall–Kier alpha value is -3.34. The lowest BCUT2D eigenvalue weighted by molar-refractivity contribution is -0.159. The first-order valence-corrected chi connectivity index (χ1v) is 10.1. The summed E-state index contributed by atoms with van der Waals surface area (Å²) in [5.41, 5.74) is 2.19. The van der Waals surface area contributed by atoms with Crippen LogP contribution >= 0.6 is 15.9 Å². The quantitative estimate of drug-likeness (QED) is 0.340. The molecule has 0 aliphatic heterocycles. The minimum Gasteiger partial charge on any atom is -0.365 e. The van der Waals surface area contributed by atoms with Crippen LogP contribution in [0, 0.1) is 5.82 Å². The second-order valence-corrected chi connectivity index (χ2v) is 7.52. The number of anilines is 1. The van der Waals surface area contributed by atoms with E-state index in [1.165, 1.54) is 18.5 Å². The van der Waals surface area contributed by atoms with Gasteiger partial charge in [-0.1, -0.05) is 47.6 Å². The molecule has 0 saturated heterocycles. The molecule has 2 aromatic carbocycles. The first kappa shape index (κ1) is 21.9. The molecule has 2 heterocycles. The summed E-state index contributed by atoms with van der Waals surface area (Å²) in [7, 11) is 0. The van der Waals surface area contributed by atoms with E-state index < -0.39 is 17.9 Å². The molecule has 164 valence electrons. The van der Waals surface area contributed by atoms with Crippen LogP contribution in [-0.2, 0) is 19.1 Å². The summed E-state index contributed by atoms with van der Waals surface area (Å²) in [5.74, 6) is -1.98. The van der Waals surface area contributed by atoms with E-state index in [1.807, 2.05) is 30.3 Å². The monoisotopic (exact) mass is 507 g/mol. The van der Waals surface area contributed by atoms with Gasteiger partial charge in [-0.25, -0.2) is 14.4 Å². The van der Waals surface area contributed by atoms with Crippen molar-refractivity contribution in [2.24, 2.45) is 0 Å². The Morgan fingerprint density at radius 2 is 1.81 bits per heavy atom. The predicted molar refractivity (Wildman–Crippen MR) is 111 cm³/mol. The van der Waals surface area contributed by atoms with Gasteiger partial charge in [0.05, 0.1) is 10.2 Å². The fourth-order valence-corrected chi connectivity index (χ4v) is 3.39. The predicted octanol–water partition coefficient (Wildman–Crippen LogP) is 5.65. The lowest BCUT2D eigenvalue weighted by atomic mass is 10.1. The molecule has 0 spiro atoms. The van der Waals surface area contributed by atoms with Gasteiger partial charge in [0.1, 0.15) is 18.0 Å². The molecule has 0 unspecified atom stereocenters. The van der Waals surface area contributed by atoms with E-state index in [0.29, 0.717) is 16.7 Å². The van der Waals surface area contributed by atoms with Crippen LogP contribution in [-0.4, -0.2) is 20.1 Å². The largest absolute Gasteiger partial charge is 0.471 e. The van der Waals surface area contributed by atoms with Crippen LogP contribution in [0.4, 0.5) is 23.4 Å². The van der Waals surface area contributed by atoms with Crippen LogP contribution < -0.4 is 5.32 Å². The van der Waals surface area contributed by atoms with Gasteiger partial charge in [-0.15, -0.1) is 0 Å². The Morgan fingerprint density at radius 1 is 1.03 bits per heavy atom. The topological polar surface area (TPSA) is 76.7 Å². The third kappa shape index (κ3) is 4.93. The summed E-state index contributed by atoms with van der Waals surface area (Å²) in [6.07, 6.45) is -2.76. The van der Waals surface area contributed by atoms with Crippen molar-refractivity contribution in [3.8, 4) is 11.4 Å². The average Bonchev–Trinajstić information content (AvgIpc) is 3.27. The molecule has 0 fully saturated rings. The molecule has 0 aliphatic rings. The molecule has 32 heavy (non-hydrogen) atoms. The number of rotatable bonds is 6.